The zero-order chi connectivity index (χ0) is 21.8. The van der Waals surface area contributed by atoms with E-state index >= 15 is 0 Å². The van der Waals surface area contributed by atoms with E-state index in [-0.39, 0.29) is 10.9 Å². The average molecular weight is 431 g/mol. The highest BCUT2D eigenvalue weighted by atomic mass is 32.2. The number of aliphatic hydroxyl groups is 1. The maximum Gasteiger partial charge on any atom is 0.219 e. The molecule has 1 aliphatic rings. The first-order chi connectivity index (χ1) is 14.9. The molecule has 4 rings (SSSR count). The van der Waals surface area contributed by atoms with Crippen LogP contribution in [0.3, 0.4) is 0 Å². The van der Waals surface area contributed by atoms with E-state index in [0.717, 1.165) is 22.3 Å². The van der Waals surface area contributed by atoms with Crippen LogP contribution in [0.1, 0.15) is 30.5 Å². The molecule has 0 bridgehead atoms. The fraction of sp³-hybridized carbons (Fsp3) is 0.222. The fourth-order valence-electron chi connectivity index (χ4n) is 3.80. The van der Waals surface area contributed by atoms with Crippen molar-refractivity contribution in [3.05, 3.63) is 107 Å². The molecule has 1 unspecified atom stereocenters. The second-order valence-electron chi connectivity index (χ2n) is 8.14. The van der Waals surface area contributed by atoms with Gasteiger partial charge in [-0.05, 0) is 48.1 Å². The fourth-order valence-corrected chi connectivity index (χ4v) is 4.95. The first kappa shape index (κ1) is 21.4. The van der Waals surface area contributed by atoms with Gasteiger partial charge in [-0.3, -0.25) is 4.79 Å². The molecule has 3 nitrogen and oxygen atoms in total. The molecule has 1 N–H and O–H groups in total. The minimum atomic E-state index is -0.579. The highest BCUT2D eigenvalue weighted by Crippen LogP contribution is 2.44. The van der Waals surface area contributed by atoms with Gasteiger partial charge in [-0.2, -0.15) is 0 Å². The molecule has 3 aromatic rings. The number of carbonyl (C=O) groups excluding carboxylic acids is 1. The maximum absolute atomic E-state index is 11.9. The summed E-state index contributed by atoms with van der Waals surface area (Å²) in [6.07, 6.45) is 0.616. The van der Waals surface area contributed by atoms with Crippen molar-refractivity contribution in [3.8, 4) is 11.1 Å². The first-order valence-corrected chi connectivity index (χ1v) is 11.2. The van der Waals surface area contributed by atoms with E-state index in [2.05, 4.69) is 60.7 Å². The van der Waals surface area contributed by atoms with Gasteiger partial charge >= 0.3 is 0 Å². The minimum absolute atomic E-state index is 0.0375. The van der Waals surface area contributed by atoms with E-state index < -0.39 is 4.75 Å². The van der Waals surface area contributed by atoms with Crippen LogP contribution in [0.25, 0.3) is 11.1 Å². The Morgan fingerprint density at radius 2 is 1.32 bits per heavy atom. The number of hydrogen-bond donors (Lipinski definition) is 1. The molecule has 0 aromatic heterocycles. The second kappa shape index (κ2) is 9.13. The smallest absolute Gasteiger partial charge is 0.219 e. The van der Waals surface area contributed by atoms with Gasteiger partial charge in [0, 0.05) is 5.57 Å². The predicted molar refractivity (Wildman–Crippen MR) is 127 cm³/mol. The van der Waals surface area contributed by atoms with Crippen molar-refractivity contribution in [2.75, 3.05) is 0 Å². The van der Waals surface area contributed by atoms with Gasteiger partial charge in [0.25, 0.3) is 0 Å². The van der Waals surface area contributed by atoms with Crippen molar-refractivity contribution in [3.63, 3.8) is 0 Å². The molecule has 1 heterocycles. The predicted octanol–water partition coefficient (Wildman–Crippen LogP) is 6.48. The molecule has 0 radical (unpaired) electrons. The van der Waals surface area contributed by atoms with Crippen LogP contribution in [-0.4, -0.2) is 15.0 Å². The molecule has 0 saturated heterocycles. The summed E-state index contributed by atoms with van der Waals surface area (Å²) in [4.78, 5) is 11.9. The Labute approximate surface area is 187 Å². The van der Waals surface area contributed by atoms with Gasteiger partial charge in [-0.1, -0.05) is 90.6 Å². The molecule has 158 valence electrons. The lowest BCUT2D eigenvalue weighted by atomic mass is 9.95. The van der Waals surface area contributed by atoms with Crippen molar-refractivity contribution in [1.82, 2.24) is 0 Å². The summed E-state index contributed by atoms with van der Waals surface area (Å²) >= 11 is 1.21. The monoisotopic (exact) mass is 430 g/mol. The summed E-state index contributed by atoms with van der Waals surface area (Å²) in [6, 6.07) is 26.9. The minimum Gasteiger partial charge on any atom is -0.510 e. The third-order valence-electron chi connectivity index (χ3n) is 5.64. The SMILES string of the molecule is CC1=C(O)C(C)(Cc2ccc(-c3ccc(COCc4ccccc4)cc3)cc2)SC1=O. The van der Waals surface area contributed by atoms with Crippen LogP contribution in [-0.2, 0) is 29.2 Å². The van der Waals surface area contributed by atoms with E-state index in [1.54, 1.807) is 6.92 Å². The zero-order valence-corrected chi connectivity index (χ0v) is 18.6. The largest absolute Gasteiger partial charge is 0.510 e. The molecule has 1 aliphatic heterocycles. The number of rotatable bonds is 7. The lowest BCUT2D eigenvalue weighted by Crippen LogP contribution is -2.23. The van der Waals surface area contributed by atoms with Crippen LogP contribution in [0.2, 0.25) is 0 Å². The molecular weight excluding hydrogens is 404 g/mol. The Balaban J connectivity index is 1.36. The summed E-state index contributed by atoms with van der Waals surface area (Å²) in [6.45, 7) is 4.81. The zero-order valence-electron chi connectivity index (χ0n) is 17.8. The maximum atomic E-state index is 11.9. The number of carbonyl (C=O) groups is 1. The van der Waals surface area contributed by atoms with E-state index in [1.807, 2.05) is 25.1 Å². The van der Waals surface area contributed by atoms with Crippen LogP contribution in [0.4, 0.5) is 0 Å². The Morgan fingerprint density at radius 1 is 0.806 bits per heavy atom. The number of aliphatic hydroxyl groups excluding tert-OH is 1. The molecular formula is C27H26O3S. The normalized spacial score (nSPS) is 18.6. The van der Waals surface area contributed by atoms with Crippen molar-refractivity contribution >= 4 is 16.9 Å². The van der Waals surface area contributed by atoms with E-state index in [9.17, 15) is 9.90 Å². The number of ether oxygens (including phenoxy) is 1. The Kier molecular flexibility index (Phi) is 6.30. The van der Waals surface area contributed by atoms with Gasteiger partial charge in [-0.15, -0.1) is 0 Å². The molecule has 0 saturated carbocycles. The Hall–Kier alpha value is -2.82. The lowest BCUT2D eigenvalue weighted by Gasteiger charge is -2.22. The third kappa shape index (κ3) is 4.92. The lowest BCUT2D eigenvalue weighted by molar-refractivity contribution is -0.107. The van der Waals surface area contributed by atoms with Gasteiger partial charge in [0.05, 0.1) is 18.0 Å². The molecule has 0 fully saturated rings. The number of thioether (sulfide) groups is 1. The van der Waals surface area contributed by atoms with Crippen molar-refractivity contribution < 1.29 is 14.6 Å². The highest BCUT2D eigenvalue weighted by Gasteiger charge is 2.41. The van der Waals surface area contributed by atoms with E-state index in [0.29, 0.717) is 25.2 Å². The van der Waals surface area contributed by atoms with Crippen molar-refractivity contribution in [1.29, 1.82) is 0 Å². The van der Waals surface area contributed by atoms with Gasteiger partial charge in [0.2, 0.25) is 5.12 Å². The number of benzene rings is 3. The molecule has 4 heteroatoms. The summed E-state index contributed by atoms with van der Waals surface area (Å²) < 4.78 is 5.23. The topological polar surface area (TPSA) is 46.5 Å². The van der Waals surface area contributed by atoms with Crippen LogP contribution >= 0.6 is 11.8 Å². The standard InChI is InChI=1S/C27H26O3S/c1-19-25(28)27(2,31-26(19)29)16-20-8-12-23(13-9-20)24-14-10-22(11-15-24)18-30-17-21-6-4-3-5-7-21/h3-15,28H,16-18H2,1-2H3. The summed E-state index contributed by atoms with van der Waals surface area (Å²) in [5.74, 6) is 0.205. The van der Waals surface area contributed by atoms with Crippen LogP contribution in [0.5, 0.6) is 0 Å². The van der Waals surface area contributed by atoms with Gasteiger partial charge in [0.15, 0.2) is 0 Å². The van der Waals surface area contributed by atoms with E-state index in [4.69, 9.17) is 4.74 Å². The summed E-state index contributed by atoms with van der Waals surface area (Å²) in [5, 5.41) is 10.3. The van der Waals surface area contributed by atoms with Gasteiger partial charge < -0.3 is 9.84 Å². The van der Waals surface area contributed by atoms with Crippen LogP contribution in [0.15, 0.2) is 90.2 Å². The third-order valence-corrected chi connectivity index (χ3v) is 6.92. The molecule has 0 amide bonds. The highest BCUT2D eigenvalue weighted by molar-refractivity contribution is 8.15. The molecule has 3 aromatic carbocycles. The first-order valence-electron chi connectivity index (χ1n) is 10.4. The summed E-state index contributed by atoms with van der Waals surface area (Å²) in [7, 11) is 0. The number of hydrogen-bond acceptors (Lipinski definition) is 4. The Bertz CT molecular complexity index is 1090. The van der Waals surface area contributed by atoms with Crippen LogP contribution < -0.4 is 0 Å². The Morgan fingerprint density at radius 3 is 1.84 bits per heavy atom. The molecule has 0 spiro atoms. The van der Waals surface area contributed by atoms with Crippen molar-refractivity contribution in [2.45, 2.75) is 38.2 Å². The van der Waals surface area contributed by atoms with Crippen molar-refractivity contribution in [2.24, 2.45) is 0 Å². The quantitative estimate of drug-likeness (QED) is 0.466. The van der Waals surface area contributed by atoms with Gasteiger partial charge in [-0.25, -0.2) is 0 Å². The second-order valence-corrected chi connectivity index (χ2v) is 9.62. The van der Waals surface area contributed by atoms with Gasteiger partial charge in [0.1, 0.15) is 5.76 Å². The molecule has 0 aliphatic carbocycles. The van der Waals surface area contributed by atoms with Crippen LogP contribution in [0, 0.1) is 0 Å². The summed E-state index contributed by atoms with van der Waals surface area (Å²) in [5.41, 5.74) is 6.17. The molecule has 1 atom stereocenters. The average Bonchev–Trinajstić information content (AvgIpc) is 2.98. The van der Waals surface area contributed by atoms with E-state index in [1.165, 1.54) is 17.3 Å². The molecule has 31 heavy (non-hydrogen) atoms.